The highest BCUT2D eigenvalue weighted by Crippen LogP contribution is 2.25. The van der Waals surface area contributed by atoms with E-state index in [9.17, 15) is 4.39 Å². The molecule has 1 aromatic heterocycles. The first-order valence-electron chi connectivity index (χ1n) is 5.76. The highest BCUT2D eigenvalue weighted by Gasteiger charge is 2.23. The van der Waals surface area contributed by atoms with E-state index in [1.807, 2.05) is 4.90 Å². The van der Waals surface area contributed by atoms with E-state index in [1.54, 1.807) is 12.3 Å². The van der Waals surface area contributed by atoms with E-state index in [4.69, 9.17) is 11.6 Å². The van der Waals surface area contributed by atoms with Gasteiger partial charge in [0.05, 0.1) is 0 Å². The van der Waals surface area contributed by atoms with Crippen molar-refractivity contribution in [3.63, 3.8) is 0 Å². The summed E-state index contributed by atoms with van der Waals surface area (Å²) in [6.45, 7) is 0.852. The fourth-order valence-corrected chi connectivity index (χ4v) is 2.53. The minimum Gasteiger partial charge on any atom is -0.350 e. The van der Waals surface area contributed by atoms with E-state index < -0.39 is 0 Å². The van der Waals surface area contributed by atoms with Crippen LogP contribution < -0.4 is 4.90 Å². The van der Waals surface area contributed by atoms with E-state index >= 15 is 0 Å². The van der Waals surface area contributed by atoms with Gasteiger partial charge in [0.1, 0.15) is 0 Å². The van der Waals surface area contributed by atoms with Crippen LogP contribution in [0.3, 0.4) is 0 Å². The molecule has 2 rings (SSSR count). The lowest BCUT2D eigenvalue weighted by Crippen LogP contribution is -2.37. The van der Waals surface area contributed by atoms with Crippen LogP contribution in [-0.2, 0) is 0 Å². The third-order valence-electron chi connectivity index (χ3n) is 3.07. The van der Waals surface area contributed by atoms with Crippen LogP contribution in [0, 0.1) is 5.82 Å². The van der Waals surface area contributed by atoms with Crippen molar-refractivity contribution in [2.45, 2.75) is 31.7 Å². The van der Waals surface area contributed by atoms with Crippen molar-refractivity contribution in [1.29, 1.82) is 0 Å². The zero-order chi connectivity index (χ0) is 11.4. The molecule has 0 aliphatic carbocycles. The molecule has 1 aliphatic rings. The van der Waals surface area contributed by atoms with Gasteiger partial charge in [0.15, 0.2) is 11.6 Å². The normalized spacial score (nSPS) is 21.9. The Bertz CT molecular complexity index is 346. The van der Waals surface area contributed by atoms with Crippen LogP contribution >= 0.6 is 11.6 Å². The highest BCUT2D eigenvalue weighted by molar-refractivity contribution is 6.18. The monoisotopic (exact) mass is 242 g/mol. The van der Waals surface area contributed by atoms with Crippen LogP contribution in [0.5, 0.6) is 0 Å². The number of hydrogen-bond acceptors (Lipinski definition) is 2. The predicted molar refractivity (Wildman–Crippen MR) is 64.5 cm³/mol. The van der Waals surface area contributed by atoms with Gasteiger partial charge in [-0.15, -0.1) is 11.6 Å². The largest absolute Gasteiger partial charge is 0.350 e. The van der Waals surface area contributed by atoms with E-state index in [2.05, 4.69) is 4.98 Å². The number of halogens is 2. The third-order valence-corrected chi connectivity index (χ3v) is 3.42. The summed E-state index contributed by atoms with van der Waals surface area (Å²) in [4.78, 5) is 6.16. The summed E-state index contributed by atoms with van der Waals surface area (Å²) in [5.41, 5.74) is 0. The van der Waals surface area contributed by atoms with Crippen LogP contribution in [0.25, 0.3) is 0 Å². The van der Waals surface area contributed by atoms with Crippen LogP contribution in [0.4, 0.5) is 10.2 Å². The molecule has 0 bridgehead atoms. The molecular formula is C12H16ClFN2. The van der Waals surface area contributed by atoms with Crippen molar-refractivity contribution in [2.75, 3.05) is 17.3 Å². The first-order chi connectivity index (χ1) is 7.83. The Labute approximate surface area is 100 Å². The number of rotatable bonds is 2. The van der Waals surface area contributed by atoms with Gasteiger partial charge in [-0.05, 0) is 25.0 Å². The average Bonchev–Trinajstić information content (AvgIpc) is 2.54. The Morgan fingerprint density at radius 3 is 3.06 bits per heavy atom. The van der Waals surface area contributed by atoms with Gasteiger partial charge < -0.3 is 4.90 Å². The molecule has 0 spiro atoms. The van der Waals surface area contributed by atoms with Crippen molar-refractivity contribution >= 4 is 17.4 Å². The summed E-state index contributed by atoms with van der Waals surface area (Å²) in [6, 6.07) is 3.29. The maximum Gasteiger partial charge on any atom is 0.165 e. The molecule has 2 nitrogen and oxygen atoms in total. The lowest BCUT2D eigenvalue weighted by molar-refractivity contribution is 0.574. The maximum absolute atomic E-state index is 13.7. The SMILES string of the molecule is Fc1cccnc1N1CCCCCC1CCl. The third kappa shape index (κ3) is 2.46. The summed E-state index contributed by atoms with van der Waals surface area (Å²) in [5, 5.41) is 0. The van der Waals surface area contributed by atoms with Crippen molar-refractivity contribution in [1.82, 2.24) is 4.98 Å². The number of aromatic nitrogens is 1. The van der Waals surface area contributed by atoms with Crippen LogP contribution in [0.1, 0.15) is 25.7 Å². The number of anilines is 1. The zero-order valence-corrected chi connectivity index (χ0v) is 9.96. The van der Waals surface area contributed by atoms with E-state index in [1.165, 1.54) is 18.9 Å². The molecule has 0 aromatic carbocycles. The fourth-order valence-electron chi connectivity index (χ4n) is 2.21. The lowest BCUT2D eigenvalue weighted by atomic mass is 10.1. The van der Waals surface area contributed by atoms with Crippen molar-refractivity contribution < 1.29 is 4.39 Å². The van der Waals surface area contributed by atoms with E-state index in [0.717, 1.165) is 19.4 Å². The van der Waals surface area contributed by atoms with Gasteiger partial charge in [-0.2, -0.15) is 0 Å². The van der Waals surface area contributed by atoms with Crippen molar-refractivity contribution in [3.8, 4) is 0 Å². The lowest BCUT2D eigenvalue weighted by Gasteiger charge is -2.29. The number of pyridine rings is 1. The quantitative estimate of drug-likeness (QED) is 0.741. The fraction of sp³-hybridized carbons (Fsp3) is 0.583. The second-order valence-electron chi connectivity index (χ2n) is 4.16. The molecule has 1 fully saturated rings. The van der Waals surface area contributed by atoms with Crippen molar-refractivity contribution in [3.05, 3.63) is 24.1 Å². The Balaban J connectivity index is 2.25. The molecule has 4 heteroatoms. The summed E-state index contributed by atoms with van der Waals surface area (Å²) in [6.07, 6.45) is 6.11. The highest BCUT2D eigenvalue weighted by atomic mass is 35.5. The Kier molecular flexibility index (Phi) is 3.99. The van der Waals surface area contributed by atoms with Gasteiger partial charge in [-0.3, -0.25) is 0 Å². The van der Waals surface area contributed by atoms with Crippen molar-refractivity contribution in [2.24, 2.45) is 0 Å². The molecule has 1 unspecified atom stereocenters. The second-order valence-corrected chi connectivity index (χ2v) is 4.47. The van der Waals surface area contributed by atoms with Gasteiger partial charge in [-0.1, -0.05) is 12.8 Å². The Morgan fingerprint density at radius 2 is 2.31 bits per heavy atom. The molecule has 0 N–H and O–H groups in total. The van der Waals surface area contributed by atoms with Gasteiger partial charge in [0.2, 0.25) is 0 Å². The summed E-state index contributed by atoms with van der Waals surface area (Å²) < 4.78 is 13.7. The van der Waals surface area contributed by atoms with E-state index in [0.29, 0.717) is 11.7 Å². The minimum atomic E-state index is -0.250. The van der Waals surface area contributed by atoms with Gasteiger partial charge in [0.25, 0.3) is 0 Å². The Morgan fingerprint density at radius 1 is 1.44 bits per heavy atom. The molecule has 0 saturated carbocycles. The summed E-state index contributed by atoms with van der Waals surface area (Å²) in [7, 11) is 0. The van der Waals surface area contributed by atoms with E-state index in [-0.39, 0.29) is 11.9 Å². The molecule has 1 atom stereocenters. The minimum absolute atomic E-state index is 0.216. The molecule has 0 radical (unpaired) electrons. The first kappa shape index (κ1) is 11.6. The summed E-state index contributed by atoms with van der Waals surface area (Å²) in [5.74, 6) is 0.741. The molecule has 88 valence electrons. The molecule has 16 heavy (non-hydrogen) atoms. The number of hydrogen-bond donors (Lipinski definition) is 0. The van der Waals surface area contributed by atoms with Gasteiger partial charge in [0, 0.05) is 24.7 Å². The summed E-state index contributed by atoms with van der Waals surface area (Å²) >= 11 is 5.96. The van der Waals surface area contributed by atoms with Gasteiger partial charge >= 0.3 is 0 Å². The number of alkyl halides is 1. The van der Waals surface area contributed by atoms with Crippen LogP contribution in [0.15, 0.2) is 18.3 Å². The standard InChI is InChI=1S/C12H16ClFN2/c13-9-10-5-2-1-3-8-16(10)12-11(14)6-4-7-15-12/h4,6-7,10H,1-3,5,8-9H2. The van der Waals surface area contributed by atoms with Crippen LogP contribution in [0.2, 0.25) is 0 Å². The second kappa shape index (κ2) is 5.48. The Hall–Kier alpha value is -0.830. The topological polar surface area (TPSA) is 16.1 Å². The maximum atomic E-state index is 13.7. The average molecular weight is 243 g/mol. The van der Waals surface area contributed by atoms with Gasteiger partial charge in [-0.25, -0.2) is 9.37 Å². The molecule has 2 heterocycles. The molecular weight excluding hydrogens is 227 g/mol. The zero-order valence-electron chi connectivity index (χ0n) is 9.20. The van der Waals surface area contributed by atoms with Crippen LogP contribution in [-0.4, -0.2) is 23.5 Å². The molecule has 1 aromatic rings. The molecule has 1 aliphatic heterocycles. The first-order valence-corrected chi connectivity index (χ1v) is 6.29. The smallest absolute Gasteiger partial charge is 0.165 e. The molecule has 1 saturated heterocycles. The number of nitrogens with zero attached hydrogens (tertiary/aromatic N) is 2. The predicted octanol–water partition coefficient (Wildman–Crippen LogP) is 3.21. The molecule has 0 amide bonds.